The number of nitrogens with one attached hydrogen (secondary N) is 1. The number of rotatable bonds is 4. The lowest BCUT2D eigenvalue weighted by Gasteiger charge is -2.36. The van der Waals surface area contributed by atoms with Crippen molar-refractivity contribution < 1.29 is 4.39 Å². The van der Waals surface area contributed by atoms with E-state index in [9.17, 15) is 4.39 Å². The van der Waals surface area contributed by atoms with Crippen molar-refractivity contribution >= 4 is 0 Å². The van der Waals surface area contributed by atoms with Gasteiger partial charge < -0.3 is 10.2 Å². The Balaban J connectivity index is 1.47. The summed E-state index contributed by atoms with van der Waals surface area (Å²) < 4.78 is 13.0. The van der Waals surface area contributed by atoms with E-state index < -0.39 is 0 Å². The first-order valence-electron chi connectivity index (χ1n) is 8.43. The van der Waals surface area contributed by atoms with E-state index in [1.54, 1.807) is 12.1 Å². The maximum absolute atomic E-state index is 13.0. The van der Waals surface area contributed by atoms with Crippen LogP contribution in [0.3, 0.4) is 0 Å². The second-order valence-corrected chi connectivity index (χ2v) is 6.79. The summed E-state index contributed by atoms with van der Waals surface area (Å²) in [5, 5.41) is 3.66. The molecule has 2 atom stereocenters. The fourth-order valence-corrected chi connectivity index (χ4v) is 3.94. The Kier molecular flexibility index (Phi) is 4.91. The van der Waals surface area contributed by atoms with Gasteiger partial charge in [-0.3, -0.25) is 0 Å². The molecule has 0 bridgehead atoms. The molecular formula is C18H27FN2. The van der Waals surface area contributed by atoms with E-state index in [1.807, 2.05) is 12.1 Å². The van der Waals surface area contributed by atoms with Gasteiger partial charge in [0.2, 0.25) is 0 Å². The molecule has 0 aliphatic carbocycles. The number of halogens is 1. The molecule has 3 rings (SSSR count). The maximum atomic E-state index is 13.0. The number of hydrogen-bond acceptors (Lipinski definition) is 2. The van der Waals surface area contributed by atoms with Crippen molar-refractivity contribution in [2.24, 2.45) is 5.92 Å². The zero-order valence-electron chi connectivity index (χ0n) is 13.0. The quantitative estimate of drug-likeness (QED) is 0.914. The lowest BCUT2D eigenvalue weighted by molar-refractivity contribution is 0.158. The maximum Gasteiger partial charge on any atom is 0.123 e. The van der Waals surface area contributed by atoms with Gasteiger partial charge in [0, 0.05) is 12.6 Å². The van der Waals surface area contributed by atoms with Gasteiger partial charge in [-0.2, -0.15) is 0 Å². The van der Waals surface area contributed by atoms with Crippen molar-refractivity contribution in [3.05, 3.63) is 35.6 Å². The first-order valence-corrected chi connectivity index (χ1v) is 8.43. The lowest BCUT2D eigenvalue weighted by atomic mass is 9.88. The van der Waals surface area contributed by atoms with E-state index in [0.717, 1.165) is 18.5 Å². The van der Waals surface area contributed by atoms with Crippen LogP contribution in [0.5, 0.6) is 0 Å². The van der Waals surface area contributed by atoms with Gasteiger partial charge in [0.15, 0.2) is 0 Å². The highest BCUT2D eigenvalue weighted by Crippen LogP contribution is 2.27. The molecule has 1 aromatic rings. The summed E-state index contributed by atoms with van der Waals surface area (Å²) >= 11 is 0. The van der Waals surface area contributed by atoms with Crippen LogP contribution in [0, 0.1) is 11.7 Å². The molecule has 21 heavy (non-hydrogen) atoms. The molecule has 2 nitrogen and oxygen atoms in total. The van der Waals surface area contributed by atoms with Gasteiger partial charge in [0.05, 0.1) is 0 Å². The third kappa shape index (κ3) is 3.83. The van der Waals surface area contributed by atoms with Crippen molar-refractivity contribution in [3.8, 4) is 0 Å². The summed E-state index contributed by atoms with van der Waals surface area (Å²) in [6, 6.07) is 7.78. The Bertz CT molecular complexity index is 431. The van der Waals surface area contributed by atoms with Crippen LogP contribution >= 0.6 is 0 Å². The minimum absolute atomic E-state index is 0.143. The highest BCUT2D eigenvalue weighted by Gasteiger charge is 2.28. The van der Waals surface area contributed by atoms with Crippen molar-refractivity contribution in [1.82, 2.24) is 10.2 Å². The Labute approximate surface area is 127 Å². The standard InChI is InChI=1S/C18H27FN2/c1-14(15-4-6-17(19)7-5-15)13-21-11-8-16(9-12-21)18-3-2-10-20-18/h4-7,14,16,18,20H,2-3,8-13H2,1H3. The molecule has 116 valence electrons. The van der Waals surface area contributed by atoms with Gasteiger partial charge in [-0.05, 0) is 74.8 Å². The molecule has 2 heterocycles. The van der Waals surface area contributed by atoms with Crippen molar-refractivity contribution in [3.63, 3.8) is 0 Å². The summed E-state index contributed by atoms with van der Waals surface area (Å²) in [7, 11) is 0. The minimum atomic E-state index is -0.143. The van der Waals surface area contributed by atoms with E-state index >= 15 is 0 Å². The van der Waals surface area contributed by atoms with Gasteiger partial charge in [0.25, 0.3) is 0 Å². The average molecular weight is 290 g/mol. The van der Waals surface area contributed by atoms with E-state index in [-0.39, 0.29) is 5.82 Å². The molecule has 0 amide bonds. The van der Waals surface area contributed by atoms with Crippen molar-refractivity contribution in [2.75, 3.05) is 26.2 Å². The predicted molar refractivity (Wildman–Crippen MR) is 85.0 cm³/mol. The van der Waals surface area contributed by atoms with Crippen LogP contribution in [0.4, 0.5) is 4.39 Å². The molecule has 0 aromatic heterocycles. The first kappa shape index (κ1) is 15.0. The fourth-order valence-electron chi connectivity index (χ4n) is 3.94. The third-order valence-corrected chi connectivity index (χ3v) is 5.27. The van der Waals surface area contributed by atoms with Crippen LogP contribution < -0.4 is 5.32 Å². The minimum Gasteiger partial charge on any atom is -0.314 e. The molecule has 0 spiro atoms. The smallest absolute Gasteiger partial charge is 0.123 e. The highest BCUT2D eigenvalue weighted by molar-refractivity contribution is 5.20. The Morgan fingerprint density at radius 1 is 1.19 bits per heavy atom. The topological polar surface area (TPSA) is 15.3 Å². The van der Waals surface area contributed by atoms with E-state index in [1.165, 1.54) is 50.9 Å². The molecule has 0 radical (unpaired) electrons. The van der Waals surface area contributed by atoms with E-state index in [2.05, 4.69) is 17.1 Å². The largest absolute Gasteiger partial charge is 0.314 e. The summed E-state index contributed by atoms with van der Waals surface area (Å²) in [5.41, 5.74) is 1.25. The number of benzene rings is 1. The summed E-state index contributed by atoms with van der Waals surface area (Å²) in [6.45, 7) is 6.99. The van der Waals surface area contributed by atoms with Crippen LogP contribution in [0.1, 0.15) is 44.1 Å². The normalized spacial score (nSPS) is 26.1. The van der Waals surface area contributed by atoms with Crippen molar-refractivity contribution in [2.45, 2.75) is 44.6 Å². The molecular weight excluding hydrogens is 263 g/mol. The second kappa shape index (κ2) is 6.89. The van der Waals surface area contributed by atoms with Crippen LogP contribution in [0.15, 0.2) is 24.3 Å². The summed E-state index contributed by atoms with van der Waals surface area (Å²) in [5.74, 6) is 1.22. The molecule has 2 saturated heterocycles. The monoisotopic (exact) mass is 290 g/mol. The Morgan fingerprint density at radius 2 is 1.90 bits per heavy atom. The number of hydrogen-bond donors (Lipinski definition) is 1. The molecule has 2 aliphatic rings. The first-order chi connectivity index (χ1) is 10.2. The van der Waals surface area contributed by atoms with Gasteiger partial charge in [0.1, 0.15) is 5.82 Å². The summed E-state index contributed by atoms with van der Waals surface area (Å²) in [4.78, 5) is 2.58. The van der Waals surface area contributed by atoms with Gasteiger partial charge in [-0.25, -0.2) is 4.39 Å². The zero-order chi connectivity index (χ0) is 14.7. The number of nitrogens with zero attached hydrogens (tertiary/aromatic N) is 1. The van der Waals surface area contributed by atoms with Crippen LogP contribution in [0.25, 0.3) is 0 Å². The Hall–Kier alpha value is -0.930. The van der Waals surface area contributed by atoms with E-state index in [0.29, 0.717) is 5.92 Å². The molecule has 3 heteroatoms. The predicted octanol–water partition coefficient (Wildman–Crippen LogP) is 3.39. The Morgan fingerprint density at radius 3 is 2.52 bits per heavy atom. The van der Waals surface area contributed by atoms with Gasteiger partial charge >= 0.3 is 0 Å². The van der Waals surface area contributed by atoms with Crippen LogP contribution in [-0.4, -0.2) is 37.1 Å². The van der Waals surface area contributed by atoms with Crippen LogP contribution in [0.2, 0.25) is 0 Å². The van der Waals surface area contributed by atoms with Gasteiger partial charge in [-0.1, -0.05) is 19.1 Å². The molecule has 2 aliphatic heterocycles. The zero-order valence-corrected chi connectivity index (χ0v) is 13.0. The van der Waals surface area contributed by atoms with Crippen LogP contribution in [-0.2, 0) is 0 Å². The number of piperidine rings is 1. The SMILES string of the molecule is CC(CN1CCC(C2CCCN2)CC1)c1ccc(F)cc1. The molecule has 2 unspecified atom stereocenters. The van der Waals surface area contributed by atoms with Crippen molar-refractivity contribution in [1.29, 1.82) is 0 Å². The van der Waals surface area contributed by atoms with E-state index in [4.69, 9.17) is 0 Å². The molecule has 2 fully saturated rings. The number of likely N-dealkylation sites (tertiary alicyclic amines) is 1. The third-order valence-electron chi connectivity index (χ3n) is 5.27. The average Bonchev–Trinajstić information content (AvgIpc) is 3.03. The molecule has 1 N–H and O–H groups in total. The lowest BCUT2D eigenvalue weighted by Crippen LogP contribution is -2.41. The highest BCUT2D eigenvalue weighted by atomic mass is 19.1. The van der Waals surface area contributed by atoms with Gasteiger partial charge in [-0.15, -0.1) is 0 Å². The summed E-state index contributed by atoms with van der Waals surface area (Å²) in [6.07, 6.45) is 5.38. The molecule has 0 saturated carbocycles. The molecule has 1 aromatic carbocycles. The fraction of sp³-hybridized carbons (Fsp3) is 0.667. The second-order valence-electron chi connectivity index (χ2n) is 6.79.